The van der Waals surface area contributed by atoms with E-state index in [9.17, 15) is 13.2 Å². The SMILES string of the molecule is Cc1csc(NN=Cc2ccc(OC(F)F)cc2F)n1. The molecule has 4 nitrogen and oxygen atoms in total. The summed E-state index contributed by atoms with van der Waals surface area (Å²) < 4.78 is 41.6. The lowest BCUT2D eigenvalue weighted by Crippen LogP contribution is -2.02. The van der Waals surface area contributed by atoms with Crippen LogP contribution in [0, 0.1) is 12.7 Å². The van der Waals surface area contributed by atoms with Crippen molar-refractivity contribution in [2.75, 3.05) is 5.43 Å². The average molecular weight is 301 g/mol. The molecule has 0 saturated heterocycles. The summed E-state index contributed by atoms with van der Waals surface area (Å²) in [5.74, 6) is -0.942. The van der Waals surface area contributed by atoms with E-state index in [1.807, 2.05) is 12.3 Å². The molecule has 20 heavy (non-hydrogen) atoms. The van der Waals surface area contributed by atoms with Gasteiger partial charge in [-0.05, 0) is 19.1 Å². The van der Waals surface area contributed by atoms with Crippen LogP contribution < -0.4 is 10.2 Å². The number of anilines is 1. The van der Waals surface area contributed by atoms with Crippen molar-refractivity contribution >= 4 is 22.7 Å². The number of ether oxygens (including phenoxy) is 1. The Morgan fingerprint density at radius 2 is 2.25 bits per heavy atom. The highest BCUT2D eigenvalue weighted by molar-refractivity contribution is 7.13. The third-order valence-corrected chi connectivity index (χ3v) is 3.04. The van der Waals surface area contributed by atoms with Gasteiger partial charge in [0.1, 0.15) is 11.6 Å². The van der Waals surface area contributed by atoms with Gasteiger partial charge in [0.15, 0.2) is 0 Å². The van der Waals surface area contributed by atoms with Crippen LogP contribution >= 0.6 is 11.3 Å². The highest BCUT2D eigenvalue weighted by Gasteiger charge is 2.07. The fraction of sp³-hybridized carbons (Fsp3) is 0.167. The Labute approximate surface area is 116 Å². The fourth-order valence-corrected chi connectivity index (χ4v) is 1.99. The maximum absolute atomic E-state index is 13.6. The van der Waals surface area contributed by atoms with Gasteiger partial charge in [-0.25, -0.2) is 9.37 Å². The van der Waals surface area contributed by atoms with Crippen LogP contribution in [0.3, 0.4) is 0 Å². The Kier molecular flexibility index (Phi) is 4.57. The van der Waals surface area contributed by atoms with E-state index < -0.39 is 12.4 Å². The van der Waals surface area contributed by atoms with Gasteiger partial charge in [0.2, 0.25) is 5.13 Å². The van der Waals surface area contributed by atoms with Gasteiger partial charge in [-0.15, -0.1) is 11.3 Å². The molecule has 8 heteroatoms. The topological polar surface area (TPSA) is 46.5 Å². The van der Waals surface area contributed by atoms with Crippen LogP contribution in [0.4, 0.5) is 18.3 Å². The molecular weight excluding hydrogens is 291 g/mol. The van der Waals surface area contributed by atoms with Crippen LogP contribution in [-0.4, -0.2) is 17.8 Å². The molecule has 0 spiro atoms. The summed E-state index contributed by atoms with van der Waals surface area (Å²) in [5.41, 5.74) is 3.65. The summed E-state index contributed by atoms with van der Waals surface area (Å²) in [7, 11) is 0. The standard InChI is InChI=1S/C12H10F3N3OS/c1-7-6-20-12(17-7)18-16-5-8-2-3-9(4-10(8)13)19-11(14)15/h2-6,11H,1H3,(H,17,18). The van der Waals surface area contributed by atoms with Gasteiger partial charge in [0, 0.05) is 17.0 Å². The number of benzene rings is 1. The minimum absolute atomic E-state index is 0.146. The molecule has 0 fully saturated rings. The number of alkyl halides is 2. The summed E-state index contributed by atoms with van der Waals surface area (Å²) in [6.07, 6.45) is 1.23. The number of hydrogen-bond acceptors (Lipinski definition) is 5. The lowest BCUT2D eigenvalue weighted by atomic mass is 10.2. The molecule has 0 unspecified atom stereocenters. The Morgan fingerprint density at radius 1 is 1.45 bits per heavy atom. The van der Waals surface area contributed by atoms with Gasteiger partial charge < -0.3 is 4.74 Å². The second-order valence-electron chi connectivity index (χ2n) is 3.73. The molecule has 0 atom stereocenters. The van der Waals surface area contributed by atoms with Crippen LogP contribution in [0.5, 0.6) is 5.75 Å². The van der Waals surface area contributed by atoms with E-state index in [1.54, 1.807) is 0 Å². The lowest BCUT2D eigenvalue weighted by molar-refractivity contribution is -0.0499. The van der Waals surface area contributed by atoms with E-state index >= 15 is 0 Å². The van der Waals surface area contributed by atoms with Crippen molar-refractivity contribution in [1.29, 1.82) is 0 Å². The first-order valence-corrected chi connectivity index (χ1v) is 6.38. The van der Waals surface area contributed by atoms with Crippen molar-refractivity contribution in [2.24, 2.45) is 5.10 Å². The molecule has 0 amide bonds. The molecule has 0 aliphatic carbocycles. The second-order valence-corrected chi connectivity index (χ2v) is 4.58. The van der Waals surface area contributed by atoms with E-state index in [-0.39, 0.29) is 11.3 Å². The summed E-state index contributed by atoms with van der Waals surface area (Å²) in [6, 6.07) is 3.41. The van der Waals surface area contributed by atoms with Crippen molar-refractivity contribution < 1.29 is 17.9 Å². The van der Waals surface area contributed by atoms with Crippen molar-refractivity contribution in [3.63, 3.8) is 0 Å². The zero-order valence-corrected chi connectivity index (χ0v) is 11.1. The molecule has 0 saturated carbocycles. The number of nitrogens with one attached hydrogen (secondary N) is 1. The summed E-state index contributed by atoms with van der Waals surface area (Å²) in [4.78, 5) is 4.11. The smallest absolute Gasteiger partial charge is 0.387 e. The first-order chi connectivity index (χ1) is 9.54. The lowest BCUT2D eigenvalue weighted by Gasteiger charge is -2.04. The molecule has 0 aliphatic heterocycles. The van der Waals surface area contributed by atoms with E-state index in [4.69, 9.17) is 0 Å². The largest absolute Gasteiger partial charge is 0.435 e. The third kappa shape index (κ3) is 3.95. The first kappa shape index (κ1) is 14.3. The quantitative estimate of drug-likeness (QED) is 0.677. The Bertz CT molecular complexity index is 616. The number of hydrazone groups is 1. The Balaban J connectivity index is 2.02. The van der Waals surface area contributed by atoms with Crippen LogP contribution in [0.1, 0.15) is 11.3 Å². The van der Waals surface area contributed by atoms with Gasteiger partial charge in [-0.1, -0.05) is 0 Å². The van der Waals surface area contributed by atoms with Crippen molar-refractivity contribution in [3.05, 3.63) is 40.7 Å². The van der Waals surface area contributed by atoms with E-state index in [2.05, 4.69) is 20.2 Å². The maximum Gasteiger partial charge on any atom is 0.387 e. The molecule has 0 aliphatic rings. The summed E-state index contributed by atoms with van der Waals surface area (Å²) >= 11 is 1.37. The van der Waals surface area contributed by atoms with Gasteiger partial charge >= 0.3 is 6.61 Å². The van der Waals surface area contributed by atoms with Crippen molar-refractivity contribution in [2.45, 2.75) is 13.5 Å². The van der Waals surface area contributed by atoms with E-state index in [0.29, 0.717) is 5.13 Å². The van der Waals surface area contributed by atoms with Gasteiger partial charge in [0.25, 0.3) is 0 Å². The number of rotatable bonds is 5. The van der Waals surface area contributed by atoms with Crippen LogP contribution in [0.25, 0.3) is 0 Å². The highest BCUT2D eigenvalue weighted by Crippen LogP contribution is 2.18. The maximum atomic E-state index is 13.6. The molecule has 2 rings (SSSR count). The van der Waals surface area contributed by atoms with Crippen LogP contribution in [-0.2, 0) is 0 Å². The van der Waals surface area contributed by atoms with Crippen molar-refractivity contribution in [1.82, 2.24) is 4.98 Å². The first-order valence-electron chi connectivity index (χ1n) is 5.50. The number of hydrogen-bond donors (Lipinski definition) is 1. The number of thiazole rings is 1. The van der Waals surface area contributed by atoms with Crippen molar-refractivity contribution in [3.8, 4) is 5.75 Å². The van der Waals surface area contributed by atoms with Gasteiger partial charge in [-0.3, -0.25) is 5.43 Å². The fourth-order valence-electron chi connectivity index (χ4n) is 1.35. The Hall–Kier alpha value is -2.09. The van der Waals surface area contributed by atoms with Gasteiger partial charge in [0.05, 0.1) is 11.9 Å². The molecule has 106 valence electrons. The molecule has 0 bridgehead atoms. The van der Waals surface area contributed by atoms with Crippen LogP contribution in [0.2, 0.25) is 0 Å². The van der Waals surface area contributed by atoms with Crippen LogP contribution in [0.15, 0.2) is 28.7 Å². The monoisotopic (exact) mass is 301 g/mol. The minimum atomic E-state index is -2.98. The predicted molar refractivity (Wildman–Crippen MR) is 71.1 cm³/mol. The zero-order valence-electron chi connectivity index (χ0n) is 10.3. The molecule has 1 aromatic heterocycles. The molecule has 1 heterocycles. The molecule has 2 aromatic rings. The molecule has 1 aromatic carbocycles. The number of aromatic nitrogens is 1. The third-order valence-electron chi connectivity index (χ3n) is 2.18. The Morgan fingerprint density at radius 3 is 2.85 bits per heavy atom. The zero-order chi connectivity index (χ0) is 14.5. The summed E-state index contributed by atoms with van der Waals surface area (Å²) in [5, 5.41) is 6.24. The number of nitrogens with zero attached hydrogens (tertiary/aromatic N) is 2. The van der Waals surface area contributed by atoms with E-state index in [1.165, 1.54) is 29.7 Å². The number of aryl methyl sites for hydroxylation is 1. The normalized spacial score (nSPS) is 11.2. The molecular formula is C12H10F3N3OS. The van der Waals surface area contributed by atoms with E-state index in [0.717, 1.165) is 11.8 Å². The molecule has 0 radical (unpaired) electrons. The molecule has 1 N–H and O–H groups in total. The predicted octanol–water partition coefficient (Wildman–Crippen LogP) is 3.64. The summed E-state index contributed by atoms with van der Waals surface area (Å²) in [6.45, 7) is -1.14. The number of halogens is 3. The minimum Gasteiger partial charge on any atom is -0.435 e. The second kappa shape index (κ2) is 6.38. The van der Waals surface area contributed by atoms with Gasteiger partial charge in [-0.2, -0.15) is 13.9 Å². The highest BCUT2D eigenvalue weighted by atomic mass is 32.1. The average Bonchev–Trinajstić information content (AvgIpc) is 2.77.